The van der Waals surface area contributed by atoms with E-state index in [0.717, 1.165) is 51.4 Å². The molecule has 4 nitrogen and oxygen atoms in total. The summed E-state index contributed by atoms with van der Waals surface area (Å²) in [6.45, 7) is 1.98. The molecule has 0 rings (SSSR count). The first-order chi connectivity index (χ1) is 7.95. The van der Waals surface area contributed by atoms with Crippen LogP contribution in [0.2, 0.25) is 0 Å². The van der Waals surface area contributed by atoms with Crippen LogP contribution >= 0.6 is 0 Å². The Labute approximate surface area is 134 Å². The molecular formula is C12H25NaO4S. The monoisotopic (exact) mass is 288 g/mol. The fourth-order valence-corrected chi connectivity index (χ4v) is 2.30. The minimum atomic E-state index is -4.02. The Morgan fingerprint density at radius 3 is 1.89 bits per heavy atom. The molecule has 1 unspecified atom stereocenters. The Bertz CT molecular complexity index is 267. The second-order valence-corrected chi connectivity index (χ2v) is 6.11. The van der Waals surface area contributed by atoms with Gasteiger partial charge in [0.1, 0.15) is 0 Å². The van der Waals surface area contributed by atoms with E-state index in [9.17, 15) is 18.1 Å². The van der Waals surface area contributed by atoms with Gasteiger partial charge in [-0.1, -0.05) is 45.4 Å². The van der Waals surface area contributed by atoms with E-state index in [4.69, 9.17) is 0 Å². The van der Waals surface area contributed by atoms with Gasteiger partial charge in [0, 0.05) is 5.75 Å². The quantitative estimate of drug-likeness (QED) is 0.314. The number of hydrogen-bond donors (Lipinski definition) is 1. The summed E-state index contributed by atoms with van der Waals surface area (Å²) < 4.78 is 31.0. The summed E-state index contributed by atoms with van der Waals surface area (Å²) in [6, 6.07) is 0. The number of rotatable bonds is 11. The van der Waals surface area contributed by atoms with E-state index in [1.807, 2.05) is 6.92 Å². The Balaban J connectivity index is 0. The maximum absolute atomic E-state index is 10.3. The van der Waals surface area contributed by atoms with Gasteiger partial charge in [-0.05, 0) is 19.3 Å². The van der Waals surface area contributed by atoms with Crippen LogP contribution in [-0.2, 0) is 10.1 Å². The van der Waals surface area contributed by atoms with Gasteiger partial charge in [-0.3, -0.25) is 0 Å². The molecule has 6 heteroatoms. The summed E-state index contributed by atoms with van der Waals surface area (Å²) in [5.74, 6) is -0.226. The van der Waals surface area contributed by atoms with Crippen molar-refractivity contribution in [2.45, 2.75) is 70.8 Å². The van der Waals surface area contributed by atoms with E-state index in [-0.39, 0.29) is 41.4 Å². The van der Waals surface area contributed by atoms with Gasteiger partial charge in [0.25, 0.3) is 0 Å². The Morgan fingerprint density at radius 1 is 1.00 bits per heavy atom. The predicted octanol–water partition coefficient (Wildman–Crippen LogP) is -0.573. The molecule has 0 aliphatic carbocycles. The van der Waals surface area contributed by atoms with Gasteiger partial charge in [0.05, 0.1) is 16.2 Å². The van der Waals surface area contributed by atoms with Crippen LogP contribution in [0, 0.1) is 0 Å². The van der Waals surface area contributed by atoms with Crippen LogP contribution in [-0.4, -0.2) is 29.9 Å². The molecular weight excluding hydrogens is 263 g/mol. The summed E-state index contributed by atoms with van der Waals surface area (Å²) >= 11 is 0. The van der Waals surface area contributed by atoms with Crippen LogP contribution in [0.4, 0.5) is 0 Å². The third kappa shape index (κ3) is 16.9. The van der Waals surface area contributed by atoms with E-state index in [1.54, 1.807) is 0 Å². The maximum Gasteiger partial charge on any atom is 1.00 e. The molecule has 0 amide bonds. The fraction of sp³-hybridized carbons (Fsp3) is 1.00. The van der Waals surface area contributed by atoms with E-state index < -0.39 is 10.1 Å². The molecule has 0 aliphatic rings. The van der Waals surface area contributed by atoms with Gasteiger partial charge >= 0.3 is 29.6 Å². The van der Waals surface area contributed by atoms with Crippen LogP contribution in [0.25, 0.3) is 0 Å². The molecule has 0 aromatic carbocycles. The van der Waals surface area contributed by atoms with Gasteiger partial charge in [0.2, 0.25) is 0 Å². The summed E-state index contributed by atoms with van der Waals surface area (Å²) in [7, 11) is -4.02. The summed E-state index contributed by atoms with van der Waals surface area (Å²) in [6.07, 6.45) is 8.24. The Kier molecular flexibility index (Phi) is 15.2. The first-order valence-corrected chi connectivity index (χ1v) is 8.15. The molecule has 0 saturated heterocycles. The van der Waals surface area contributed by atoms with E-state index in [0.29, 0.717) is 6.42 Å². The zero-order valence-corrected chi connectivity index (χ0v) is 14.5. The summed E-state index contributed by atoms with van der Waals surface area (Å²) in [4.78, 5) is 0. The molecule has 0 spiro atoms. The SMILES string of the molecule is CCC(O)CCCCCCCCCS(=O)(=O)[O-].[Na+]. The van der Waals surface area contributed by atoms with Crippen LogP contribution in [0.5, 0.6) is 0 Å². The molecule has 0 radical (unpaired) electrons. The van der Waals surface area contributed by atoms with Crippen LogP contribution in [0.1, 0.15) is 64.7 Å². The molecule has 0 fully saturated rings. The van der Waals surface area contributed by atoms with Crippen LogP contribution < -0.4 is 29.6 Å². The molecule has 0 aromatic rings. The topological polar surface area (TPSA) is 77.4 Å². The van der Waals surface area contributed by atoms with Gasteiger partial charge in [-0.15, -0.1) is 0 Å². The third-order valence-corrected chi connectivity index (χ3v) is 3.69. The second kappa shape index (κ2) is 12.9. The van der Waals surface area contributed by atoms with Crippen LogP contribution in [0.15, 0.2) is 0 Å². The minimum absolute atomic E-state index is 0. The zero-order valence-electron chi connectivity index (χ0n) is 11.7. The molecule has 0 aliphatic heterocycles. The van der Waals surface area contributed by atoms with Crippen molar-refractivity contribution in [1.82, 2.24) is 0 Å². The standard InChI is InChI=1S/C12H26O4S.Na/c1-2-12(13)10-8-6-4-3-5-7-9-11-17(14,15)16;/h12-13H,2-11H2,1H3,(H,14,15,16);/q;+1/p-1. The smallest absolute Gasteiger partial charge is 0.748 e. The zero-order chi connectivity index (χ0) is 13.1. The molecule has 0 saturated carbocycles. The Morgan fingerprint density at radius 2 is 1.44 bits per heavy atom. The minimum Gasteiger partial charge on any atom is -0.748 e. The van der Waals surface area contributed by atoms with Gasteiger partial charge < -0.3 is 9.66 Å². The predicted molar refractivity (Wildman–Crippen MR) is 67.8 cm³/mol. The van der Waals surface area contributed by atoms with E-state index >= 15 is 0 Å². The number of aliphatic hydroxyl groups excluding tert-OH is 1. The van der Waals surface area contributed by atoms with Crippen molar-refractivity contribution in [3.63, 3.8) is 0 Å². The Hall–Kier alpha value is 0.870. The van der Waals surface area contributed by atoms with Gasteiger partial charge in [0.15, 0.2) is 0 Å². The van der Waals surface area contributed by atoms with Crippen LogP contribution in [0.3, 0.4) is 0 Å². The average Bonchev–Trinajstić information content (AvgIpc) is 2.25. The second-order valence-electron chi connectivity index (χ2n) is 4.59. The number of hydrogen-bond acceptors (Lipinski definition) is 4. The van der Waals surface area contributed by atoms with Crippen molar-refractivity contribution in [2.24, 2.45) is 0 Å². The first kappa shape index (κ1) is 21.2. The van der Waals surface area contributed by atoms with Crippen molar-refractivity contribution in [1.29, 1.82) is 0 Å². The van der Waals surface area contributed by atoms with Gasteiger partial charge in [-0.25, -0.2) is 8.42 Å². The van der Waals surface area contributed by atoms with Crippen molar-refractivity contribution < 1.29 is 47.6 Å². The molecule has 0 aromatic heterocycles. The molecule has 0 heterocycles. The largest absolute Gasteiger partial charge is 1.00 e. The third-order valence-electron chi connectivity index (χ3n) is 2.90. The van der Waals surface area contributed by atoms with Crippen molar-refractivity contribution in [2.75, 3.05) is 5.75 Å². The molecule has 1 N–H and O–H groups in total. The fourth-order valence-electron chi connectivity index (χ4n) is 1.75. The molecule has 104 valence electrons. The molecule has 18 heavy (non-hydrogen) atoms. The van der Waals surface area contributed by atoms with Crippen molar-refractivity contribution >= 4 is 10.1 Å². The molecule has 1 atom stereocenters. The van der Waals surface area contributed by atoms with E-state index in [2.05, 4.69) is 0 Å². The summed E-state index contributed by atoms with van der Waals surface area (Å²) in [5.41, 5.74) is 0. The maximum atomic E-state index is 10.3. The van der Waals surface area contributed by atoms with Gasteiger partial charge in [-0.2, -0.15) is 0 Å². The average molecular weight is 288 g/mol. The first-order valence-electron chi connectivity index (χ1n) is 6.57. The van der Waals surface area contributed by atoms with Crippen molar-refractivity contribution in [3.8, 4) is 0 Å². The molecule has 0 bridgehead atoms. The summed E-state index contributed by atoms with van der Waals surface area (Å²) in [5, 5.41) is 9.32. The number of aliphatic hydroxyl groups is 1. The van der Waals surface area contributed by atoms with E-state index in [1.165, 1.54) is 0 Å². The normalized spacial score (nSPS) is 13.1. The van der Waals surface area contributed by atoms with Crippen molar-refractivity contribution in [3.05, 3.63) is 0 Å². The number of unbranched alkanes of at least 4 members (excludes halogenated alkanes) is 6.